The van der Waals surface area contributed by atoms with Crippen LogP contribution < -0.4 is 0 Å². The minimum atomic E-state index is -0.833. The van der Waals surface area contributed by atoms with Crippen LogP contribution in [0.4, 0.5) is 0 Å². The molecule has 0 fully saturated rings. The zero-order valence-electron chi connectivity index (χ0n) is 4.57. The highest BCUT2D eigenvalue weighted by Gasteiger charge is 1.99. The highest BCUT2D eigenvalue weighted by molar-refractivity contribution is 7.03. The first kappa shape index (κ1) is 6.22. The van der Waals surface area contributed by atoms with Gasteiger partial charge >= 0.3 is 5.97 Å². The molecule has 1 N–H and O–H groups in total. The van der Waals surface area contributed by atoms with Gasteiger partial charge in [0.1, 0.15) is 0 Å². The fourth-order valence-corrected chi connectivity index (χ4v) is 1.02. The number of carboxylic acids is 1. The second-order valence-corrected chi connectivity index (χ2v) is 2.23. The number of rotatable bonds is 2. The summed E-state index contributed by atoms with van der Waals surface area (Å²) < 4.78 is 3.82. The molecule has 0 aliphatic rings. The molecule has 0 bridgehead atoms. The Kier molecular flexibility index (Phi) is 1.79. The van der Waals surface area contributed by atoms with Gasteiger partial charge in [0.25, 0.3) is 0 Å². The van der Waals surface area contributed by atoms with Crippen molar-refractivity contribution >= 4 is 17.5 Å². The Hall–Kier alpha value is -0.900. The van der Waals surface area contributed by atoms with Crippen molar-refractivity contribution in [1.82, 2.24) is 4.37 Å². The first-order valence-electron chi connectivity index (χ1n) is 2.40. The fourth-order valence-electron chi connectivity index (χ4n) is 0.484. The van der Waals surface area contributed by atoms with E-state index < -0.39 is 5.97 Å². The summed E-state index contributed by atoms with van der Waals surface area (Å²) in [6.45, 7) is 0. The third-order valence-corrected chi connectivity index (χ3v) is 1.42. The molecule has 0 saturated heterocycles. The van der Waals surface area contributed by atoms with E-state index in [1.165, 1.54) is 11.5 Å². The van der Waals surface area contributed by atoms with Crippen molar-refractivity contribution in [2.24, 2.45) is 0 Å². The number of carbonyl (C=O) groups is 1. The zero-order valence-corrected chi connectivity index (χ0v) is 5.39. The van der Waals surface area contributed by atoms with Gasteiger partial charge in [-0.3, -0.25) is 4.79 Å². The van der Waals surface area contributed by atoms with Gasteiger partial charge in [-0.1, -0.05) is 0 Å². The third kappa shape index (κ3) is 1.81. The summed E-state index contributed by atoms with van der Waals surface area (Å²) >= 11 is 1.27. The van der Waals surface area contributed by atoms with Crippen molar-refractivity contribution in [1.29, 1.82) is 0 Å². The standard InChI is InChI=1S/C5H5NO2S/c7-5(8)3-4-1-2-9-6-4/h1-2H,3H2,(H,7,8). The topological polar surface area (TPSA) is 50.2 Å². The molecule has 0 atom stereocenters. The number of nitrogens with zero attached hydrogens (tertiary/aromatic N) is 1. The molecule has 0 spiro atoms. The van der Waals surface area contributed by atoms with Gasteiger partial charge in [0.05, 0.1) is 12.1 Å². The molecular formula is C5H5NO2S. The molecule has 1 heterocycles. The van der Waals surface area contributed by atoms with Gasteiger partial charge in [0.15, 0.2) is 0 Å². The van der Waals surface area contributed by atoms with E-state index in [-0.39, 0.29) is 6.42 Å². The van der Waals surface area contributed by atoms with Gasteiger partial charge in [-0.15, -0.1) is 0 Å². The van der Waals surface area contributed by atoms with Gasteiger partial charge in [-0.25, -0.2) is 0 Å². The summed E-state index contributed by atoms with van der Waals surface area (Å²) in [4.78, 5) is 10.0. The summed E-state index contributed by atoms with van der Waals surface area (Å²) in [5.41, 5.74) is 0.632. The van der Waals surface area contributed by atoms with E-state index in [1.54, 1.807) is 11.4 Å². The average molecular weight is 143 g/mol. The molecule has 0 amide bonds. The molecule has 0 aromatic carbocycles. The highest BCUT2D eigenvalue weighted by atomic mass is 32.1. The Labute approximate surface area is 56.1 Å². The highest BCUT2D eigenvalue weighted by Crippen LogP contribution is 1.99. The molecule has 3 nitrogen and oxygen atoms in total. The van der Waals surface area contributed by atoms with E-state index in [0.29, 0.717) is 5.69 Å². The van der Waals surface area contributed by atoms with Gasteiger partial charge in [-0.2, -0.15) is 4.37 Å². The van der Waals surface area contributed by atoms with Gasteiger partial charge in [-0.05, 0) is 17.6 Å². The van der Waals surface area contributed by atoms with Crippen LogP contribution in [0.2, 0.25) is 0 Å². The Bertz CT molecular complexity index is 195. The van der Waals surface area contributed by atoms with E-state index in [0.717, 1.165) is 0 Å². The monoisotopic (exact) mass is 143 g/mol. The van der Waals surface area contributed by atoms with Gasteiger partial charge in [0.2, 0.25) is 0 Å². The van der Waals surface area contributed by atoms with Crippen LogP contribution in [0.1, 0.15) is 5.69 Å². The predicted molar refractivity (Wildman–Crippen MR) is 33.5 cm³/mol. The van der Waals surface area contributed by atoms with Crippen molar-refractivity contribution in [2.75, 3.05) is 0 Å². The molecule has 48 valence electrons. The van der Waals surface area contributed by atoms with Gasteiger partial charge in [0, 0.05) is 5.38 Å². The minimum Gasteiger partial charge on any atom is -0.481 e. The van der Waals surface area contributed by atoms with Crippen LogP contribution in [-0.4, -0.2) is 15.4 Å². The Balaban J connectivity index is 2.58. The lowest BCUT2D eigenvalue weighted by Gasteiger charge is -1.84. The van der Waals surface area contributed by atoms with E-state index in [9.17, 15) is 4.79 Å². The molecule has 1 aromatic rings. The Morgan fingerprint density at radius 1 is 1.89 bits per heavy atom. The van der Waals surface area contributed by atoms with Crippen LogP contribution in [0.25, 0.3) is 0 Å². The molecule has 1 rings (SSSR count). The van der Waals surface area contributed by atoms with Crippen LogP contribution in [0.3, 0.4) is 0 Å². The number of hydrogen-bond donors (Lipinski definition) is 1. The van der Waals surface area contributed by atoms with Crippen LogP contribution in [0.15, 0.2) is 11.4 Å². The average Bonchev–Trinajstić information content (AvgIpc) is 2.15. The largest absolute Gasteiger partial charge is 0.481 e. The van der Waals surface area contributed by atoms with Crippen LogP contribution >= 0.6 is 11.5 Å². The maximum atomic E-state index is 10.0. The van der Waals surface area contributed by atoms with E-state index >= 15 is 0 Å². The molecule has 0 unspecified atom stereocenters. The first-order chi connectivity index (χ1) is 4.29. The Morgan fingerprint density at radius 2 is 2.67 bits per heavy atom. The van der Waals surface area contributed by atoms with Crippen LogP contribution in [0, 0.1) is 0 Å². The van der Waals surface area contributed by atoms with E-state index in [2.05, 4.69) is 4.37 Å². The molecule has 0 aliphatic heterocycles. The number of hydrogen-bond acceptors (Lipinski definition) is 3. The van der Waals surface area contributed by atoms with Crippen LogP contribution in [0.5, 0.6) is 0 Å². The second kappa shape index (κ2) is 2.59. The van der Waals surface area contributed by atoms with E-state index in [1.807, 2.05) is 0 Å². The molecule has 4 heteroatoms. The Morgan fingerprint density at radius 3 is 3.11 bits per heavy atom. The molecule has 0 saturated carbocycles. The number of carboxylic acid groups (broad SMARTS) is 1. The minimum absolute atomic E-state index is 0.0312. The summed E-state index contributed by atoms with van der Waals surface area (Å²) in [6, 6.07) is 1.71. The molecule has 0 aliphatic carbocycles. The molecule has 0 radical (unpaired) electrons. The lowest BCUT2D eigenvalue weighted by atomic mass is 10.3. The van der Waals surface area contributed by atoms with Gasteiger partial charge < -0.3 is 5.11 Å². The van der Waals surface area contributed by atoms with Crippen molar-refractivity contribution in [2.45, 2.75) is 6.42 Å². The van der Waals surface area contributed by atoms with Crippen molar-refractivity contribution in [3.05, 3.63) is 17.1 Å². The third-order valence-electron chi connectivity index (χ3n) is 0.824. The van der Waals surface area contributed by atoms with Crippen molar-refractivity contribution in [3.8, 4) is 0 Å². The number of aliphatic carboxylic acids is 1. The lowest BCUT2D eigenvalue weighted by molar-refractivity contribution is -0.136. The summed E-state index contributed by atoms with van der Waals surface area (Å²) in [6.07, 6.45) is 0.0312. The normalized spacial score (nSPS) is 9.33. The van der Waals surface area contributed by atoms with Crippen molar-refractivity contribution < 1.29 is 9.90 Å². The summed E-state index contributed by atoms with van der Waals surface area (Å²) in [5.74, 6) is -0.833. The maximum absolute atomic E-state index is 10.0. The lowest BCUT2D eigenvalue weighted by Crippen LogP contribution is -1.99. The molecule has 9 heavy (non-hydrogen) atoms. The molecule has 1 aromatic heterocycles. The van der Waals surface area contributed by atoms with Crippen molar-refractivity contribution in [3.63, 3.8) is 0 Å². The van der Waals surface area contributed by atoms with Crippen LogP contribution in [-0.2, 0) is 11.2 Å². The first-order valence-corrected chi connectivity index (χ1v) is 3.24. The maximum Gasteiger partial charge on any atom is 0.309 e. The molecular weight excluding hydrogens is 138 g/mol. The fraction of sp³-hybridized carbons (Fsp3) is 0.200. The number of aromatic nitrogens is 1. The predicted octanol–water partition coefficient (Wildman–Crippen LogP) is 0.770. The summed E-state index contributed by atoms with van der Waals surface area (Å²) in [7, 11) is 0. The van der Waals surface area contributed by atoms with E-state index in [4.69, 9.17) is 5.11 Å². The second-order valence-electron chi connectivity index (χ2n) is 1.56. The zero-order chi connectivity index (χ0) is 6.69. The SMILES string of the molecule is O=C(O)Cc1ccsn1. The smallest absolute Gasteiger partial charge is 0.309 e. The summed E-state index contributed by atoms with van der Waals surface area (Å²) in [5, 5.41) is 10.0. The quantitative estimate of drug-likeness (QED) is 0.665.